The second-order valence-electron chi connectivity index (χ2n) is 4.41. The quantitative estimate of drug-likeness (QED) is 0.596. The number of carbonyl (C=O) groups is 1. The van der Waals surface area contributed by atoms with E-state index >= 15 is 0 Å². The lowest BCUT2D eigenvalue weighted by Gasteiger charge is -2.44. The predicted octanol–water partition coefficient (Wildman–Crippen LogP) is 2.80. The van der Waals surface area contributed by atoms with Crippen LogP contribution in [0, 0.1) is 3.57 Å². The normalized spacial score (nSPS) is 17.8. The Morgan fingerprint density at radius 1 is 1.47 bits per heavy atom. The van der Waals surface area contributed by atoms with Crippen LogP contribution in [0.1, 0.15) is 17.3 Å². The van der Waals surface area contributed by atoms with Gasteiger partial charge in [0, 0.05) is 8.59 Å². The molecule has 1 aliphatic heterocycles. The van der Waals surface area contributed by atoms with Crippen LogP contribution in [0.3, 0.4) is 0 Å². The zero-order valence-electron chi connectivity index (χ0n) is 9.01. The highest BCUT2D eigenvalue weighted by molar-refractivity contribution is 14.1. The molecule has 1 saturated heterocycles. The summed E-state index contributed by atoms with van der Waals surface area (Å²) < 4.78 is 0.685. The van der Waals surface area contributed by atoms with E-state index in [0.29, 0.717) is 32.3 Å². The number of benzene rings is 1. The largest absolute Gasteiger partial charge is 0.386 e. The van der Waals surface area contributed by atoms with Gasteiger partial charge in [-0.3, -0.25) is 4.79 Å². The third-order valence-electron chi connectivity index (χ3n) is 2.57. The van der Waals surface area contributed by atoms with Crippen molar-refractivity contribution in [3.63, 3.8) is 0 Å². The number of β-amino-alcohol motifs (C(OH)–C–C–N with tert-alkyl or cyclic N) is 1. The van der Waals surface area contributed by atoms with Gasteiger partial charge in [-0.2, -0.15) is 0 Å². The second-order valence-corrected chi connectivity index (χ2v) is 6.33. The molecule has 3 nitrogen and oxygen atoms in total. The van der Waals surface area contributed by atoms with Gasteiger partial charge in [-0.25, -0.2) is 0 Å². The molecule has 0 unspecified atom stereocenters. The minimum absolute atomic E-state index is 0.148. The Hall–Kier alpha value is -0.0400. The van der Waals surface area contributed by atoms with Crippen molar-refractivity contribution in [1.29, 1.82) is 0 Å². The van der Waals surface area contributed by atoms with Crippen LogP contribution in [-0.2, 0) is 0 Å². The Morgan fingerprint density at radius 3 is 2.59 bits per heavy atom. The maximum atomic E-state index is 12.1. The van der Waals surface area contributed by atoms with E-state index in [1.807, 2.05) is 22.6 Å². The van der Waals surface area contributed by atoms with Gasteiger partial charge in [-0.15, -0.1) is 0 Å². The number of aliphatic hydroxyl groups is 1. The first-order valence-corrected chi connectivity index (χ1v) is 6.80. The van der Waals surface area contributed by atoms with E-state index in [0.717, 1.165) is 0 Å². The molecule has 0 atom stereocenters. The summed E-state index contributed by atoms with van der Waals surface area (Å²) in [7, 11) is 0. The summed E-state index contributed by atoms with van der Waals surface area (Å²) in [5, 5.41) is 10.5. The maximum Gasteiger partial charge on any atom is 0.255 e. The standard InChI is InChI=1S/C11H10Cl2INO2/c1-11(17)4-15(5-11)10(16)7-2-6(12)3-8(13)9(7)14/h2-3,17H,4-5H2,1H3. The summed E-state index contributed by atoms with van der Waals surface area (Å²) in [6, 6.07) is 3.21. The van der Waals surface area contributed by atoms with E-state index in [2.05, 4.69) is 0 Å². The Kier molecular flexibility index (Phi) is 3.60. The Balaban J connectivity index is 2.26. The SMILES string of the molecule is CC1(O)CN(C(=O)c2cc(Cl)cc(Cl)c2I)C1. The first-order chi connectivity index (χ1) is 7.80. The third kappa shape index (κ3) is 2.70. The number of likely N-dealkylation sites (tertiary alicyclic amines) is 1. The third-order valence-corrected chi connectivity index (χ3v) is 4.57. The van der Waals surface area contributed by atoms with Crippen molar-refractivity contribution in [3.05, 3.63) is 31.3 Å². The molecule has 2 rings (SSSR count). The predicted molar refractivity (Wildman–Crippen MR) is 75.7 cm³/mol. The summed E-state index contributed by atoms with van der Waals surface area (Å²) in [6.07, 6.45) is 0. The maximum absolute atomic E-state index is 12.1. The number of hydrogen-bond acceptors (Lipinski definition) is 2. The lowest BCUT2D eigenvalue weighted by molar-refractivity contribution is -0.0669. The zero-order valence-corrected chi connectivity index (χ0v) is 12.7. The molecule has 6 heteroatoms. The first-order valence-electron chi connectivity index (χ1n) is 4.96. The van der Waals surface area contributed by atoms with Crippen LogP contribution in [0.2, 0.25) is 10.0 Å². The monoisotopic (exact) mass is 385 g/mol. The van der Waals surface area contributed by atoms with Gasteiger partial charge in [0.15, 0.2) is 0 Å². The summed E-state index contributed by atoms with van der Waals surface area (Å²) in [5.74, 6) is -0.148. The van der Waals surface area contributed by atoms with Crippen molar-refractivity contribution >= 4 is 51.7 Å². The van der Waals surface area contributed by atoms with Crippen LogP contribution in [0.5, 0.6) is 0 Å². The molecule has 0 bridgehead atoms. The van der Waals surface area contributed by atoms with E-state index in [4.69, 9.17) is 23.2 Å². The summed E-state index contributed by atoms with van der Waals surface area (Å²) in [4.78, 5) is 13.7. The molecule has 1 aromatic carbocycles. The van der Waals surface area contributed by atoms with E-state index in [1.165, 1.54) is 0 Å². The molecule has 0 saturated carbocycles. The van der Waals surface area contributed by atoms with Crippen LogP contribution in [0.25, 0.3) is 0 Å². The highest BCUT2D eigenvalue weighted by atomic mass is 127. The second kappa shape index (κ2) is 4.57. The van der Waals surface area contributed by atoms with Gasteiger partial charge in [-0.05, 0) is 41.6 Å². The van der Waals surface area contributed by atoms with Crippen molar-refractivity contribution in [3.8, 4) is 0 Å². The highest BCUT2D eigenvalue weighted by Crippen LogP contribution is 2.30. The fourth-order valence-corrected chi connectivity index (χ4v) is 2.84. The lowest BCUT2D eigenvalue weighted by atomic mass is 9.96. The molecule has 1 fully saturated rings. The average Bonchev–Trinajstić information content (AvgIpc) is 2.18. The summed E-state index contributed by atoms with van der Waals surface area (Å²) >= 11 is 13.9. The fraction of sp³-hybridized carbons (Fsp3) is 0.364. The van der Waals surface area contributed by atoms with Crippen LogP contribution >= 0.6 is 45.8 Å². The number of amides is 1. The number of rotatable bonds is 1. The minimum atomic E-state index is -0.774. The summed E-state index contributed by atoms with van der Waals surface area (Å²) in [6.45, 7) is 2.38. The number of hydrogen-bond donors (Lipinski definition) is 1. The molecule has 1 aliphatic rings. The molecule has 0 aliphatic carbocycles. The number of nitrogens with zero attached hydrogens (tertiary/aromatic N) is 1. The van der Waals surface area contributed by atoms with E-state index < -0.39 is 5.60 Å². The van der Waals surface area contributed by atoms with Gasteiger partial charge in [0.1, 0.15) is 0 Å². The van der Waals surface area contributed by atoms with E-state index in [9.17, 15) is 9.90 Å². The van der Waals surface area contributed by atoms with Crippen molar-refractivity contribution in [1.82, 2.24) is 4.90 Å². The zero-order chi connectivity index (χ0) is 12.8. The van der Waals surface area contributed by atoms with Crippen molar-refractivity contribution in [2.45, 2.75) is 12.5 Å². The van der Waals surface area contributed by atoms with E-state index in [1.54, 1.807) is 24.0 Å². The van der Waals surface area contributed by atoms with Gasteiger partial charge in [0.25, 0.3) is 5.91 Å². The molecular formula is C11H10Cl2INO2. The molecule has 1 N–H and O–H groups in total. The topological polar surface area (TPSA) is 40.5 Å². The fourth-order valence-electron chi connectivity index (χ4n) is 1.80. The molecular weight excluding hydrogens is 376 g/mol. The first kappa shape index (κ1) is 13.4. The van der Waals surface area contributed by atoms with Crippen LogP contribution in [0.4, 0.5) is 0 Å². The van der Waals surface area contributed by atoms with Gasteiger partial charge in [-0.1, -0.05) is 23.2 Å². The molecule has 0 spiro atoms. The molecule has 92 valence electrons. The van der Waals surface area contributed by atoms with Crippen LogP contribution in [-0.4, -0.2) is 34.6 Å². The number of carbonyl (C=O) groups excluding carboxylic acids is 1. The number of halogens is 3. The van der Waals surface area contributed by atoms with Crippen LogP contribution < -0.4 is 0 Å². The summed E-state index contributed by atoms with van der Waals surface area (Å²) in [5.41, 5.74) is -0.290. The molecule has 17 heavy (non-hydrogen) atoms. The van der Waals surface area contributed by atoms with Crippen molar-refractivity contribution in [2.24, 2.45) is 0 Å². The minimum Gasteiger partial charge on any atom is -0.386 e. The highest BCUT2D eigenvalue weighted by Gasteiger charge is 2.40. The van der Waals surface area contributed by atoms with Gasteiger partial charge in [0.2, 0.25) is 0 Å². The Labute approximate surface area is 123 Å². The Bertz CT molecular complexity index is 483. The van der Waals surface area contributed by atoms with E-state index in [-0.39, 0.29) is 5.91 Å². The van der Waals surface area contributed by atoms with Gasteiger partial charge in [0.05, 0.1) is 29.3 Å². The van der Waals surface area contributed by atoms with Crippen molar-refractivity contribution in [2.75, 3.05) is 13.1 Å². The van der Waals surface area contributed by atoms with Crippen LogP contribution in [0.15, 0.2) is 12.1 Å². The molecule has 1 heterocycles. The molecule has 0 radical (unpaired) electrons. The van der Waals surface area contributed by atoms with Gasteiger partial charge < -0.3 is 10.0 Å². The smallest absolute Gasteiger partial charge is 0.255 e. The van der Waals surface area contributed by atoms with Crippen molar-refractivity contribution < 1.29 is 9.90 Å². The average molecular weight is 386 g/mol. The molecule has 0 aromatic heterocycles. The molecule has 1 aromatic rings. The molecule has 1 amide bonds. The Morgan fingerprint density at radius 2 is 2.06 bits per heavy atom. The lowest BCUT2D eigenvalue weighted by Crippen LogP contribution is -2.61. The van der Waals surface area contributed by atoms with Gasteiger partial charge >= 0.3 is 0 Å².